The molecule has 1 aliphatic rings. The van der Waals surface area contributed by atoms with Crippen molar-refractivity contribution in [3.05, 3.63) is 64.2 Å². The van der Waals surface area contributed by atoms with Gasteiger partial charge in [-0.15, -0.1) is 0 Å². The summed E-state index contributed by atoms with van der Waals surface area (Å²) >= 11 is 0. The third kappa shape index (κ3) is 6.16. The Bertz CT molecular complexity index is 1220. The topological polar surface area (TPSA) is 111 Å². The number of amides is 1. The van der Waals surface area contributed by atoms with E-state index in [-0.39, 0.29) is 18.4 Å². The zero-order valence-electron chi connectivity index (χ0n) is 20.3. The number of rotatable bonds is 10. The van der Waals surface area contributed by atoms with E-state index in [2.05, 4.69) is 21.6 Å². The molecule has 9 nitrogen and oxygen atoms in total. The number of aromatic nitrogens is 4. The number of ether oxygens (including phenoxy) is 1. The van der Waals surface area contributed by atoms with Crippen LogP contribution < -0.4 is 15.6 Å². The number of anilines is 1. The van der Waals surface area contributed by atoms with Crippen molar-refractivity contribution >= 4 is 11.7 Å². The Kier molecular flexibility index (Phi) is 7.97. The Morgan fingerprint density at radius 3 is 2.83 bits per heavy atom. The molecule has 1 unspecified atom stereocenters. The molecular weight excluding hydrogens is 446 g/mol. The molecule has 1 atom stereocenters. The van der Waals surface area contributed by atoms with Crippen LogP contribution in [0.25, 0.3) is 0 Å². The minimum absolute atomic E-state index is 0.0685. The molecule has 35 heavy (non-hydrogen) atoms. The standard InChI is InChI=1S/C26H33N5O4/c1-18(2)15-22(26(34)28-24-11-13-30(29-24)12-6-14-32)31-25(33)16-20(17-27-31)35-23-10-5-8-19-7-3-4-9-21(19)23/h5,8,10-11,13,16-18,22,32H,3-4,6-7,9,12,14-15H2,1-2H3,(H,28,29,34). The van der Waals surface area contributed by atoms with Gasteiger partial charge in [-0.2, -0.15) is 10.2 Å². The third-order valence-corrected chi connectivity index (χ3v) is 6.11. The summed E-state index contributed by atoms with van der Waals surface area (Å²) in [6.45, 7) is 4.60. The van der Waals surface area contributed by atoms with Crippen LogP contribution in [0.1, 0.15) is 56.7 Å². The third-order valence-electron chi connectivity index (χ3n) is 6.11. The van der Waals surface area contributed by atoms with Crippen LogP contribution in [0.2, 0.25) is 0 Å². The maximum Gasteiger partial charge on any atom is 0.271 e. The SMILES string of the molecule is CC(C)CC(C(=O)Nc1ccn(CCCO)n1)n1ncc(Oc2cccc3c2CCCC3)cc1=O. The molecule has 0 aliphatic heterocycles. The average Bonchev–Trinajstić information content (AvgIpc) is 3.29. The second kappa shape index (κ2) is 11.3. The fourth-order valence-corrected chi connectivity index (χ4v) is 4.42. The monoisotopic (exact) mass is 479 g/mol. The summed E-state index contributed by atoms with van der Waals surface area (Å²) in [6.07, 6.45) is 8.55. The first kappa shape index (κ1) is 24.7. The normalized spacial score (nSPS) is 13.9. The molecule has 0 radical (unpaired) electrons. The van der Waals surface area contributed by atoms with E-state index in [0.29, 0.717) is 31.0 Å². The summed E-state index contributed by atoms with van der Waals surface area (Å²) in [7, 11) is 0. The van der Waals surface area contributed by atoms with Crippen LogP contribution in [0.15, 0.2) is 47.5 Å². The molecule has 186 valence electrons. The van der Waals surface area contributed by atoms with Gasteiger partial charge < -0.3 is 15.2 Å². The molecule has 9 heteroatoms. The van der Waals surface area contributed by atoms with E-state index in [4.69, 9.17) is 9.84 Å². The van der Waals surface area contributed by atoms with Crippen molar-refractivity contribution in [3.63, 3.8) is 0 Å². The summed E-state index contributed by atoms with van der Waals surface area (Å²) in [5.41, 5.74) is 2.09. The van der Waals surface area contributed by atoms with Crippen molar-refractivity contribution in [3.8, 4) is 11.5 Å². The zero-order valence-corrected chi connectivity index (χ0v) is 20.3. The van der Waals surface area contributed by atoms with E-state index < -0.39 is 11.6 Å². The maximum absolute atomic E-state index is 13.1. The van der Waals surface area contributed by atoms with Crippen LogP contribution >= 0.6 is 0 Å². The predicted octanol–water partition coefficient (Wildman–Crippen LogP) is 3.72. The van der Waals surface area contributed by atoms with Crippen LogP contribution in [0, 0.1) is 5.92 Å². The molecule has 1 aliphatic carbocycles. The van der Waals surface area contributed by atoms with Gasteiger partial charge in [0.05, 0.1) is 6.20 Å². The Morgan fingerprint density at radius 1 is 1.23 bits per heavy atom. The highest BCUT2D eigenvalue weighted by Gasteiger charge is 2.25. The molecule has 0 bridgehead atoms. The van der Waals surface area contributed by atoms with E-state index in [9.17, 15) is 9.59 Å². The summed E-state index contributed by atoms with van der Waals surface area (Å²) in [5.74, 6) is 1.31. The van der Waals surface area contributed by atoms with Gasteiger partial charge in [-0.1, -0.05) is 26.0 Å². The number of benzene rings is 1. The van der Waals surface area contributed by atoms with Gasteiger partial charge in [0, 0.05) is 31.5 Å². The van der Waals surface area contributed by atoms with E-state index >= 15 is 0 Å². The molecule has 2 heterocycles. The lowest BCUT2D eigenvalue weighted by molar-refractivity contribution is -0.120. The van der Waals surface area contributed by atoms with Crippen molar-refractivity contribution in [2.75, 3.05) is 11.9 Å². The van der Waals surface area contributed by atoms with Gasteiger partial charge in [0.2, 0.25) is 0 Å². The molecule has 0 saturated carbocycles. The number of nitrogens with one attached hydrogen (secondary N) is 1. The lowest BCUT2D eigenvalue weighted by Crippen LogP contribution is -2.35. The van der Waals surface area contributed by atoms with Gasteiger partial charge in [-0.05, 0) is 61.6 Å². The van der Waals surface area contributed by atoms with E-state index in [1.165, 1.54) is 34.5 Å². The molecule has 1 aromatic carbocycles. The Balaban J connectivity index is 1.52. The molecule has 4 rings (SSSR count). The zero-order chi connectivity index (χ0) is 24.8. The Morgan fingerprint density at radius 2 is 2.06 bits per heavy atom. The number of nitrogens with zero attached hydrogens (tertiary/aromatic N) is 4. The first-order chi connectivity index (χ1) is 16.9. The lowest BCUT2D eigenvalue weighted by atomic mass is 9.91. The quantitative estimate of drug-likeness (QED) is 0.458. The fourth-order valence-electron chi connectivity index (χ4n) is 4.42. The first-order valence-electron chi connectivity index (χ1n) is 12.3. The van der Waals surface area contributed by atoms with Gasteiger partial charge in [0.1, 0.15) is 11.8 Å². The molecule has 2 aromatic heterocycles. The van der Waals surface area contributed by atoms with Gasteiger partial charge in [-0.3, -0.25) is 14.3 Å². The van der Waals surface area contributed by atoms with E-state index in [1.54, 1.807) is 16.9 Å². The van der Waals surface area contributed by atoms with Crippen molar-refractivity contribution in [2.45, 2.75) is 65.0 Å². The average molecular weight is 480 g/mol. The number of aryl methyl sites for hydroxylation is 2. The summed E-state index contributed by atoms with van der Waals surface area (Å²) in [5, 5.41) is 20.4. The Hall–Kier alpha value is -3.46. The highest BCUT2D eigenvalue weighted by atomic mass is 16.5. The highest BCUT2D eigenvalue weighted by molar-refractivity contribution is 5.92. The van der Waals surface area contributed by atoms with Crippen molar-refractivity contribution < 1.29 is 14.6 Å². The van der Waals surface area contributed by atoms with Crippen LogP contribution in [0.5, 0.6) is 11.5 Å². The minimum atomic E-state index is -0.788. The van der Waals surface area contributed by atoms with Crippen molar-refractivity contribution in [1.82, 2.24) is 19.6 Å². The molecule has 0 saturated heterocycles. The van der Waals surface area contributed by atoms with Crippen LogP contribution in [-0.4, -0.2) is 37.2 Å². The van der Waals surface area contributed by atoms with Gasteiger partial charge >= 0.3 is 0 Å². The lowest BCUT2D eigenvalue weighted by Gasteiger charge is -2.21. The first-order valence-corrected chi connectivity index (χ1v) is 12.3. The van der Waals surface area contributed by atoms with Crippen LogP contribution in [0.4, 0.5) is 5.82 Å². The largest absolute Gasteiger partial charge is 0.455 e. The fraction of sp³-hybridized carbons (Fsp3) is 0.462. The summed E-state index contributed by atoms with van der Waals surface area (Å²) in [4.78, 5) is 26.1. The minimum Gasteiger partial charge on any atom is -0.455 e. The second-order valence-electron chi connectivity index (χ2n) is 9.35. The number of aliphatic hydroxyl groups excluding tert-OH is 1. The van der Waals surface area contributed by atoms with E-state index in [1.807, 2.05) is 26.0 Å². The van der Waals surface area contributed by atoms with Crippen LogP contribution in [-0.2, 0) is 24.2 Å². The number of hydrogen-bond acceptors (Lipinski definition) is 6. The number of carbonyl (C=O) groups is 1. The number of fused-ring (bicyclic) bond motifs is 1. The molecule has 0 fully saturated rings. The van der Waals surface area contributed by atoms with Gasteiger partial charge in [0.15, 0.2) is 11.6 Å². The number of hydrogen-bond donors (Lipinski definition) is 2. The number of aliphatic hydroxyl groups is 1. The molecule has 1 amide bonds. The number of carbonyl (C=O) groups excluding carboxylic acids is 1. The smallest absolute Gasteiger partial charge is 0.271 e. The highest BCUT2D eigenvalue weighted by Crippen LogP contribution is 2.32. The molecule has 2 N–H and O–H groups in total. The van der Waals surface area contributed by atoms with Crippen LogP contribution in [0.3, 0.4) is 0 Å². The summed E-state index contributed by atoms with van der Waals surface area (Å²) in [6, 6.07) is 8.31. The molecular formula is C26H33N5O4. The molecule has 0 spiro atoms. The van der Waals surface area contributed by atoms with E-state index in [0.717, 1.165) is 25.0 Å². The predicted molar refractivity (Wildman–Crippen MR) is 133 cm³/mol. The van der Waals surface area contributed by atoms with Gasteiger partial charge in [-0.25, -0.2) is 4.68 Å². The van der Waals surface area contributed by atoms with Gasteiger partial charge in [0.25, 0.3) is 11.5 Å². The molecule has 3 aromatic rings. The van der Waals surface area contributed by atoms with Crippen molar-refractivity contribution in [2.24, 2.45) is 5.92 Å². The van der Waals surface area contributed by atoms with Crippen molar-refractivity contribution in [1.29, 1.82) is 0 Å². The second-order valence-corrected chi connectivity index (χ2v) is 9.35. The maximum atomic E-state index is 13.1. The summed E-state index contributed by atoms with van der Waals surface area (Å²) < 4.78 is 8.93. The Labute approximate surface area is 204 Å².